The van der Waals surface area contributed by atoms with Crippen molar-refractivity contribution < 1.29 is 41.5 Å². The number of phosphoric ester groups is 1. The van der Waals surface area contributed by atoms with Gasteiger partial charge >= 0.3 is 13.5 Å². The van der Waals surface area contributed by atoms with Gasteiger partial charge in [0.25, 0.3) is 0 Å². The van der Waals surface area contributed by atoms with E-state index in [2.05, 4.69) is 68.0 Å². The molecule has 10 rings (SSSR count). The summed E-state index contributed by atoms with van der Waals surface area (Å²) in [7, 11) is -3.73. The first-order valence-electron chi connectivity index (χ1n) is 25.2. The van der Waals surface area contributed by atoms with Crippen LogP contribution in [0.15, 0.2) is 151 Å². The van der Waals surface area contributed by atoms with Crippen LogP contribution in [0.5, 0.6) is 0 Å². The molecule has 18 nitrogen and oxygen atoms in total. The van der Waals surface area contributed by atoms with Crippen molar-refractivity contribution >= 4 is 38.9 Å². The Hall–Kier alpha value is -5.96. The molecule has 4 aromatic carbocycles. The number of imidazole rings is 1. The number of ether oxygens (including phenoxy) is 4. The van der Waals surface area contributed by atoms with Crippen LogP contribution in [0.2, 0.25) is 18.1 Å². The van der Waals surface area contributed by atoms with Crippen LogP contribution in [0.3, 0.4) is 0 Å². The summed E-state index contributed by atoms with van der Waals surface area (Å²) in [6, 6.07) is 42.3. The zero-order chi connectivity index (χ0) is 52.3. The van der Waals surface area contributed by atoms with Gasteiger partial charge in [-0.1, -0.05) is 142 Å². The van der Waals surface area contributed by atoms with Gasteiger partial charge in [-0.3, -0.25) is 22.7 Å². The Morgan fingerprint density at radius 2 is 1.24 bits per heavy atom. The van der Waals surface area contributed by atoms with E-state index >= 15 is 0 Å². The van der Waals surface area contributed by atoms with E-state index in [1.807, 2.05) is 107 Å². The number of benzene rings is 4. The molecule has 0 aliphatic carbocycles. The van der Waals surface area contributed by atoms with Crippen LogP contribution in [-0.2, 0) is 67.7 Å². The SMILES string of the molecule is CO[C@@H]1[C@@H]2O[P@](=O)(OC[C@H]3O[C@@H](n4cnc5c(N(Cc6ccccc6)Cc6ccccc6)ncnc54)[C@H](OC)[C@@H]3O[Si](C)(C)C(C)(C)C)OC[C@H]2O[C@H]1n1ccc(N(Cc2ccccc2)Cc2ccccc2)nc1=O. The molecule has 3 aliphatic heterocycles. The van der Waals surface area contributed by atoms with Gasteiger partial charge in [0, 0.05) is 46.6 Å². The molecule has 0 unspecified atom stereocenters. The Labute approximate surface area is 438 Å². The molecule has 7 aromatic rings. The van der Waals surface area contributed by atoms with E-state index in [1.54, 1.807) is 25.7 Å². The maximum Gasteiger partial charge on any atom is 0.475 e. The molecular weight excluding hydrogens is 992 g/mol. The second-order valence-electron chi connectivity index (χ2n) is 20.6. The molecular formula is C55H65N8O10PSi. The lowest BCUT2D eigenvalue weighted by molar-refractivity contribution is -0.0841. The molecule has 3 saturated heterocycles. The third kappa shape index (κ3) is 11.4. The molecule has 75 heavy (non-hydrogen) atoms. The highest BCUT2D eigenvalue weighted by atomic mass is 31.2. The fraction of sp³-hybridized carbons (Fsp3) is 0.400. The van der Waals surface area contributed by atoms with Crippen LogP contribution in [0.25, 0.3) is 11.2 Å². The quantitative estimate of drug-likeness (QED) is 0.0553. The summed E-state index contributed by atoms with van der Waals surface area (Å²) in [5, 5.41) is -0.188. The average Bonchev–Trinajstić information content (AvgIpc) is 4.11. The lowest BCUT2D eigenvalue weighted by atomic mass is 10.1. The summed E-state index contributed by atoms with van der Waals surface area (Å²) in [4.78, 5) is 37.2. The zero-order valence-electron chi connectivity index (χ0n) is 43.3. The predicted octanol–water partition coefficient (Wildman–Crippen LogP) is 9.25. The third-order valence-corrected chi connectivity index (χ3v) is 20.5. The molecule has 0 saturated carbocycles. The van der Waals surface area contributed by atoms with Crippen molar-refractivity contribution in [2.75, 3.05) is 37.2 Å². The fourth-order valence-corrected chi connectivity index (χ4v) is 12.4. The van der Waals surface area contributed by atoms with Gasteiger partial charge in [0.2, 0.25) is 0 Å². The summed E-state index contributed by atoms with van der Waals surface area (Å²) >= 11 is 0. The summed E-state index contributed by atoms with van der Waals surface area (Å²) in [5.41, 5.74) is 4.93. The number of phosphoric acid groups is 1. The first-order chi connectivity index (χ1) is 36.2. The molecule has 394 valence electrons. The van der Waals surface area contributed by atoms with Crippen LogP contribution in [0.1, 0.15) is 55.5 Å². The molecule has 20 heteroatoms. The molecule has 3 aliphatic rings. The van der Waals surface area contributed by atoms with Gasteiger partial charge < -0.3 is 33.2 Å². The minimum Gasteiger partial charge on any atom is -0.408 e. The van der Waals surface area contributed by atoms with Crippen LogP contribution in [0.4, 0.5) is 11.6 Å². The van der Waals surface area contributed by atoms with Gasteiger partial charge in [0.1, 0.15) is 48.8 Å². The summed E-state index contributed by atoms with van der Waals surface area (Å²) < 4.78 is 68.8. The van der Waals surface area contributed by atoms with Crippen LogP contribution < -0.4 is 15.5 Å². The highest BCUT2D eigenvalue weighted by Crippen LogP contribution is 2.57. The molecule has 0 bridgehead atoms. The highest BCUT2D eigenvalue weighted by Gasteiger charge is 2.56. The van der Waals surface area contributed by atoms with Crippen molar-refractivity contribution in [3.8, 4) is 0 Å². The van der Waals surface area contributed by atoms with Gasteiger partial charge in [-0.25, -0.2) is 24.3 Å². The van der Waals surface area contributed by atoms with E-state index in [0.29, 0.717) is 49.0 Å². The Kier molecular flexibility index (Phi) is 15.6. The average molecular weight is 1060 g/mol. The molecule has 9 atom stereocenters. The highest BCUT2D eigenvalue weighted by molar-refractivity contribution is 7.48. The van der Waals surface area contributed by atoms with Crippen molar-refractivity contribution in [2.45, 2.75) is 114 Å². The lowest BCUT2D eigenvalue weighted by Gasteiger charge is -2.40. The molecule has 0 radical (unpaired) electrons. The number of anilines is 2. The second-order valence-corrected chi connectivity index (χ2v) is 27.0. The van der Waals surface area contributed by atoms with Crippen LogP contribution >= 0.6 is 7.82 Å². The first kappa shape index (κ1) is 52.5. The summed E-state index contributed by atoms with van der Waals surface area (Å²) in [6.07, 6.45) is -1.68. The number of aromatic nitrogens is 6. The van der Waals surface area contributed by atoms with Crippen molar-refractivity contribution in [3.05, 3.63) is 179 Å². The second kappa shape index (κ2) is 22.3. The topological polar surface area (TPSA) is 176 Å². The maximum absolute atomic E-state index is 14.7. The van der Waals surface area contributed by atoms with E-state index in [1.165, 1.54) is 18.0 Å². The molecule has 0 amide bonds. The van der Waals surface area contributed by atoms with E-state index in [-0.39, 0.29) is 18.3 Å². The number of fused-ring (bicyclic) bond motifs is 2. The Morgan fingerprint density at radius 1 is 0.693 bits per heavy atom. The van der Waals surface area contributed by atoms with Crippen molar-refractivity contribution in [2.24, 2.45) is 0 Å². The Balaban J connectivity index is 0.883. The van der Waals surface area contributed by atoms with Gasteiger partial charge in [-0.05, 0) is 46.5 Å². The lowest BCUT2D eigenvalue weighted by Crippen LogP contribution is -2.50. The van der Waals surface area contributed by atoms with E-state index < -0.39 is 70.9 Å². The maximum atomic E-state index is 14.7. The number of rotatable bonds is 19. The van der Waals surface area contributed by atoms with Gasteiger partial charge in [-0.15, -0.1) is 0 Å². The fourth-order valence-electron chi connectivity index (χ4n) is 9.67. The number of methoxy groups -OCH3 is 2. The summed E-state index contributed by atoms with van der Waals surface area (Å²) in [6.45, 7) is 12.6. The predicted molar refractivity (Wildman–Crippen MR) is 285 cm³/mol. The molecule has 0 spiro atoms. The smallest absolute Gasteiger partial charge is 0.408 e. The largest absolute Gasteiger partial charge is 0.475 e. The minimum atomic E-state index is -4.32. The van der Waals surface area contributed by atoms with E-state index in [0.717, 1.165) is 22.3 Å². The number of hydrogen-bond acceptors (Lipinski definition) is 16. The Bertz CT molecular complexity index is 3030. The molecule has 6 heterocycles. The van der Waals surface area contributed by atoms with Gasteiger partial charge in [0.15, 0.2) is 37.8 Å². The van der Waals surface area contributed by atoms with Gasteiger partial charge in [-0.2, -0.15) is 4.98 Å². The van der Waals surface area contributed by atoms with Crippen molar-refractivity contribution in [1.82, 2.24) is 29.1 Å². The normalized spacial score (nSPS) is 24.8. The monoisotopic (exact) mass is 1060 g/mol. The van der Waals surface area contributed by atoms with Crippen LogP contribution in [0, 0.1) is 0 Å². The van der Waals surface area contributed by atoms with Crippen molar-refractivity contribution in [1.29, 1.82) is 0 Å². The zero-order valence-corrected chi connectivity index (χ0v) is 45.2. The minimum absolute atomic E-state index is 0.159. The number of hydrogen-bond donors (Lipinski definition) is 0. The standard InChI is InChI=1S/C55H65N8O10PSi/c1-55(2,3)75(6,7)73-47-43(71-53(49(47)67-5)63-37-58-45-50(56-36-57-51(45)63)61(32-40-24-16-10-17-25-40)33-41-26-18-11-19-27-41)35-69-74(65)68-34-42-46(72-74)48(66-4)52(70-42)62-29-28-44(59-54(62)64)60(30-38-20-12-8-13-21-38)31-39-22-14-9-15-23-39/h8-29,36-37,42-43,46-49,52-53H,30-35H2,1-7H3/t42-,43-,46-,47-,48-,49-,52-,53-,74+/m1/s1. The molecule has 0 N–H and O–H groups in total. The van der Waals surface area contributed by atoms with E-state index in [4.69, 9.17) is 51.9 Å². The number of nitrogens with zero attached hydrogens (tertiary/aromatic N) is 8. The van der Waals surface area contributed by atoms with E-state index in [9.17, 15) is 9.36 Å². The first-order valence-corrected chi connectivity index (χ1v) is 29.6. The van der Waals surface area contributed by atoms with Gasteiger partial charge in [0.05, 0.1) is 19.5 Å². The third-order valence-electron chi connectivity index (χ3n) is 14.6. The van der Waals surface area contributed by atoms with Crippen molar-refractivity contribution in [3.63, 3.8) is 0 Å². The summed E-state index contributed by atoms with van der Waals surface area (Å²) in [5.74, 6) is 1.16. The van der Waals surface area contributed by atoms with Crippen LogP contribution in [-0.4, -0.2) is 101 Å². The molecule has 3 aromatic heterocycles. The Morgan fingerprint density at radius 3 is 1.77 bits per heavy atom. The molecule has 3 fully saturated rings.